The molecule has 7 heteroatoms. The van der Waals surface area contributed by atoms with E-state index in [1.807, 2.05) is 6.92 Å². The number of methoxy groups -OCH3 is 1. The second-order valence-corrected chi connectivity index (χ2v) is 4.45. The highest BCUT2D eigenvalue weighted by Gasteiger charge is 2.19. The smallest absolute Gasteiger partial charge is 0.284 e. The summed E-state index contributed by atoms with van der Waals surface area (Å²) >= 11 is 3.07. The number of amides is 1. The third-order valence-electron chi connectivity index (χ3n) is 2.37. The molecule has 0 heterocycles. The van der Waals surface area contributed by atoms with Crippen molar-refractivity contribution in [1.29, 1.82) is 0 Å². The average Bonchev–Trinajstić information content (AvgIpc) is 2.35. The van der Waals surface area contributed by atoms with E-state index in [2.05, 4.69) is 21.2 Å². The third-order valence-corrected chi connectivity index (χ3v) is 3.21. The summed E-state index contributed by atoms with van der Waals surface area (Å²) in [6, 6.07) is 4.32. The number of nitro groups is 1. The quantitative estimate of drug-likeness (QED) is 0.666. The minimum Gasteiger partial charge on any atom is -0.380 e. The van der Waals surface area contributed by atoms with Gasteiger partial charge in [0.05, 0.1) is 16.6 Å². The molecule has 0 saturated heterocycles. The van der Waals surface area contributed by atoms with Crippen molar-refractivity contribution in [1.82, 2.24) is 5.32 Å². The van der Waals surface area contributed by atoms with Crippen molar-refractivity contribution in [3.63, 3.8) is 0 Å². The van der Waals surface area contributed by atoms with Gasteiger partial charge in [-0.3, -0.25) is 14.9 Å². The first-order valence-electron chi connectivity index (χ1n) is 5.21. The number of halogens is 1. The van der Waals surface area contributed by atoms with Gasteiger partial charge in [-0.1, -0.05) is 6.07 Å². The molecule has 0 spiro atoms. The van der Waals surface area contributed by atoms with Crippen molar-refractivity contribution < 1.29 is 14.5 Å². The maximum absolute atomic E-state index is 11.8. The Morgan fingerprint density at radius 1 is 1.61 bits per heavy atom. The first-order chi connectivity index (χ1) is 8.47. The van der Waals surface area contributed by atoms with Crippen LogP contribution >= 0.6 is 15.9 Å². The van der Waals surface area contributed by atoms with Crippen LogP contribution in [0, 0.1) is 10.1 Å². The van der Waals surface area contributed by atoms with Gasteiger partial charge in [-0.15, -0.1) is 0 Å². The summed E-state index contributed by atoms with van der Waals surface area (Å²) in [4.78, 5) is 22.0. The molecule has 0 aliphatic heterocycles. The van der Waals surface area contributed by atoms with Crippen LogP contribution in [0.25, 0.3) is 0 Å². The van der Waals surface area contributed by atoms with E-state index in [9.17, 15) is 14.9 Å². The average molecular weight is 317 g/mol. The summed E-state index contributed by atoms with van der Waals surface area (Å²) in [6.07, 6.45) is -0.119. The second kappa shape index (κ2) is 6.46. The molecule has 0 fully saturated rings. The lowest BCUT2D eigenvalue weighted by molar-refractivity contribution is -0.385. The van der Waals surface area contributed by atoms with E-state index in [-0.39, 0.29) is 27.7 Å². The molecule has 0 radical (unpaired) electrons. The number of hydrogen-bond donors (Lipinski definition) is 1. The second-order valence-electron chi connectivity index (χ2n) is 3.65. The molecule has 18 heavy (non-hydrogen) atoms. The highest BCUT2D eigenvalue weighted by Crippen LogP contribution is 2.28. The van der Waals surface area contributed by atoms with E-state index >= 15 is 0 Å². The molecule has 6 nitrogen and oxygen atoms in total. The summed E-state index contributed by atoms with van der Waals surface area (Å²) in [5, 5.41) is 13.4. The molecule has 0 aliphatic rings. The number of nitrogens with one attached hydrogen (secondary N) is 1. The van der Waals surface area contributed by atoms with Gasteiger partial charge in [0.25, 0.3) is 11.6 Å². The van der Waals surface area contributed by atoms with Crippen molar-refractivity contribution in [2.75, 3.05) is 13.7 Å². The highest BCUT2D eigenvalue weighted by molar-refractivity contribution is 9.10. The van der Waals surface area contributed by atoms with E-state index in [1.54, 1.807) is 7.11 Å². The highest BCUT2D eigenvalue weighted by atomic mass is 79.9. The maximum Gasteiger partial charge on any atom is 0.284 e. The van der Waals surface area contributed by atoms with E-state index in [1.165, 1.54) is 18.2 Å². The Kier molecular flexibility index (Phi) is 5.24. The number of carbonyl (C=O) groups excluding carboxylic acids is 1. The lowest BCUT2D eigenvalue weighted by atomic mass is 10.2. The molecule has 0 saturated carbocycles. The molecule has 0 bridgehead atoms. The van der Waals surface area contributed by atoms with Gasteiger partial charge in [-0.25, -0.2) is 0 Å². The molecule has 1 unspecified atom stereocenters. The summed E-state index contributed by atoms with van der Waals surface area (Å²) in [6.45, 7) is 2.15. The van der Waals surface area contributed by atoms with Gasteiger partial charge in [0.2, 0.25) is 0 Å². The molecule has 1 rings (SSSR count). The van der Waals surface area contributed by atoms with E-state index in [0.29, 0.717) is 6.54 Å². The Bertz CT molecular complexity index is 464. The fraction of sp³-hybridized carbons (Fsp3) is 0.364. The zero-order valence-corrected chi connectivity index (χ0v) is 11.6. The standard InChI is InChI=1S/C11H13BrN2O4/c1-7(18-2)6-13-11(15)8-4-3-5-9(10(8)12)14(16)17/h3-5,7H,6H2,1-2H3,(H,13,15). The largest absolute Gasteiger partial charge is 0.380 e. The fourth-order valence-electron chi connectivity index (χ4n) is 1.25. The number of hydrogen-bond acceptors (Lipinski definition) is 4. The van der Waals surface area contributed by atoms with Crippen molar-refractivity contribution in [3.05, 3.63) is 38.3 Å². The van der Waals surface area contributed by atoms with Gasteiger partial charge in [0.15, 0.2) is 0 Å². The fourth-order valence-corrected chi connectivity index (χ4v) is 1.84. The van der Waals surface area contributed by atoms with E-state index < -0.39 is 4.92 Å². The van der Waals surface area contributed by atoms with Crippen LogP contribution in [0.2, 0.25) is 0 Å². The molecule has 1 amide bonds. The first kappa shape index (κ1) is 14.6. The predicted molar refractivity (Wildman–Crippen MR) is 69.6 cm³/mol. The van der Waals surface area contributed by atoms with Crippen LogP contribution in [0.15, 0.2) is 22.7 Å². The Labute approximate surface area is 113 Å². The van der Waals surface area contributed by atoms with Gasteiger partial charge in [-0.05, 0) is 28.9 Å². The van der Waals surface area contributed by atoms with Crippen molar-refractivity contribution >= 4 is 27.5 Å². The van der Waals surface area contributed by atoms with Crippen molar-refractivity contribution in [2.24, 2.45) is 0 Å². The molecule has 1 aromatic rings. The number of nitro benzene ring substituents is 1. The molecule has 0 aromatic heterocycles. The Morgan fingerprint density at radius 2 is 2.28 bits per heavy atom. The van der Waals surface area contributed by atoms with E-state index in [4.69, 9.17) is 4.74 Å². The first-order valence-corrected chi connectivity index (χ1v) is 6.00. The predicted octanol–water partition coefficient (Wildman–Crippen LogP) is 2.12. The Hall–Kier alpha value is -1.47. The van der Waals surface area contributed by atoms with Crippen LogP contribution in [-0.2, 0) is 4.74 Å². The van der Waals surface area contributed by atoms with E-state index in [0.717, 1.165) is 0 Å². The van der Waals surface area contributed by atoms with Crippen LogP contribution in [0.1, 0.15) is 17.3 Å². The lowest BCUT2D eigenvalue weighted by Gasteiger charge is -2.11. The number of ether oxygens (including phenoxy) is 1. The maximum atomic E-state index is 11.8. The van der Waals surface area contributed by atoms with Gasteiger partial charge >= 0.3 is 0 Å². The summed E-state index contributed by atoms with van der Waals surface area (Å²) in [7, 11) is 1.54. The molecular weight excluding hydrogens is 304 g/mol. The van der Waals surface area contributed by atoms with Crippen LogP contribution in [0.4, 0.5) is 5.69 Å². The summed E-state index contributed by atoms with van der Waals surface area (Å²) in [5.41, 5.74) is 0.0925. The van der Waals surface area contributed by atoms with Gasteiger partial charge < -0.3 is 10.1 Å². The normalized spacial score (nSPS) is 11.9. The minimum absolute atomic E-state index is 0.119. The SMILES string of the molecule is COC(C)CNC(=O)c1cccc([N+](=O)[O-])c1Br. The van der Waals surface area contributed by atoms with Crippen molar-refractivity contribution in [3.8, 4) is 0 Å². The molecule has 1 N–H and O–H groups in total. The monoisotopic (exact) mass is 316 g/mol. The summed E-state index contributed by atoms with van der Waals surface area (Å²) < 4.78 is 5.17. The van der Waals surface area contributed by atoms with Gasteiger partial charge in [-0.2, -0.15) is 0 Å². The number of rotatable bonds is 5. The van der Waals surface area contributed by atoms with Gasteiger partial charge in [0.1, 0.15) is 4.47 Å². The zero-order chi connectivity index (χ0) is 13.7. The van der Waals surface area contributed by atoms with Crippen LogP contribution in [0.5, 0.6) is 0 Å². The lowest BCUT2D eigenvalue weighted by Crippen LogP contribution is -2.31. The number of nitrogens with zero attached hydrogens (tertiary/aromatic N) is 1. The molecule has 1 atom stereocenters. The molecule has 98 valence electrons. The summed E-state index contributed by atoms with van der Waals surface area (Å²) in [5.74, 6) is -0.380. The topological polar surface area (TPSA) is 81.5 Å². The van der Waals surface area contributed by atoms with Crippen LogP contribution in [-0.4, -0.2) is 30.6 Å². The number of carbonyl (C=O) groups is 1. The third kappa shape index (κ3) is 3.51. The Morgan fingerprint density at radius 3 is 2.83 bits per heavy atom. The molecule has 1 aromatic carbocycles. The number of benzene rings is 1. The zero-order valence-electron chi connectivity index (χ0n) is 9.97. The van der Waals surface area contributed by atoms with Crippen molar-refractivity contribution in [2.45, 2.75) is 13.0 Å². The minimum atomic E-state index is -0.543. The van der Waals surface area contributed by atoms with Gasteiger partial charge in [0, 0.05) is 19.7 Å². The Balaban J connectivity index is 2.86. The molecular formula is C11H13BrN2O4. The van der Waals surface area contributed by atoms with Crippen LogP contribution < -0.4 is 5.32 Å². The van der Waals surface area contributed by atoms with Crippen LogP contribution in [0.3, 0.4) is 0 Å². The molecule has 0 aliphatic carbocycles.